The van der Waals surface area contributed by atoms with Gasteiger partial charge in [0.25, 0.3) is 5.91 Å². The molecule has 1 aromatic carbocycles. The predicted octanol–water partition coefficient (Wildman–Crippen LogP) is 2.33. The largest absolute Gasteiger partial charge is 0.439 e. The molecule has 1 saturated heterocycles. The van der Waals surface area contributed by atoms with E-state index in [1.54, 1.807) is 30.5 Å². The molecule has 0 atom stereocenters. The number of nitrogens with one attached hydrogen (secondary N) is 1. The number of nitrogens with zero attached hydrogens (tertiary/aromatic N) is 6. The molecule has 12 heteroatoms. The molecule has 1 aliphatic heterocycles. The summed E-state index contributed by atoms with van der Waals surface area (Å²) in [6.45, 7) is 5.40. The van der Waals surface area contributed by atoms with Crippen molar-refractivity contribution in [2.24, 2.45) is 5.92 Å². The summed E-state index contributed by atoms with van der Waals surface area (Å²) in [7, 11) is 0. The molecule has 1 saturated carbocycles. The fraction of sp³-hybridized carbons (Fsp3) is 0.400. The molecular weight excluding hydrogens is 476 g/mol. The number of morpholine rings is 1. The number of carbonyl (C=O) groups is 1. The van der Waals surface area contributed by atoms with Crippen LogP contribution in [0, 0.1) is 5.92 Å². The Balaban J connectivity index is 1.18. The summed E-state index contributed by atoms with van der Waals surface area (Å²) in [5, 5.41) is 10.6. The van der Waals surface area contributed by atoms with Gasteiger partial charge in [0.1, 0.15) is 11.3 Å². The zero-order chi connectivity index (χ0) is 25.2. The molecule has 0 spiro atoms. The minimum Gasteiger partial charge on any atom is -0.439 e. The first kappa shape index (κ1) is 23.4. The van der Waals surface area contributed by atoms with Gasteiger partial charge in [-0.1, -0.05) is 6.07 Å². The number of imidazole rings is 1. The molecule has 12 nitrogen and oxygen atoms in total. The van der Waals surface area contributed by atoms with E-state index < -0.39 is 0 Å². The Hall–Kier alpha value is -4.03. The van der Waals surface area contributed by atoms with E-state index in [4.69, 9.17) is 19.8 Å². The van der Waals surface area contributed by atoms with Crippen LogP contribution in [0.5, 0.6) is 11.6 Å². The summed E-state index contributed by atoms with van der Waals surface area (Å²) in [5.74, 6) is 2.13. The molecule has 2 aliphatic rings. The first-order chi connectivity index (χ1) is 18.1. The number of benzene rings is 1. The van der Waals surface area contributed by atoms with Gasteiger partial charge in [-0.05, 0) is 47.3 Å². The Morgan fingerprint density at radius 1 is 1.19 bits per heavy atom. The van der Waals surface area contributed by atoms with Gasteiger partial charge in [-0.3, -0.25) is 9.69 Å². The Morgan fingerprint density at radius 3 is 2.84 bits per heavy atom. The van der Waals surface area contributed by atoms with E-state index >= 15 is 0 Å². The summed E-state index contributed by atoms with van der Waals surface area (Å²) in [4.78, 5) is 24.1. The first-order valence-electron chi connectivity index (χ1n) is 12.4. The number of hydrogen-bond donors (Lipinski definition) is 2. The highest BCUT2D eigenvalue weighted by atomic mass is 16.6. The van der Waals surface area contributed by atoms with Crippen molar-refractivity contribution in [3.05, 3.63) is 42.1 Å². The van der Waals surface area contributed by atoms with Gasteiger partial charge in [0.2, 0.25) is 5.88 Å². The molecular formula is C25H28N8O4. The zero-order valence-corrected chi connectivity index (χ0v) is 20.3. The number of pyridine rings is 1. The number of hydrogen-bond acceptors (Lipinski definition) is 10. The molecule has 4 heterocycles. The van der Waals surface area contributed by atoms with Crippen LogP contribution in [-0.2, 0) is 11.3 Å². The van der Waals surface area contributed by atoms with Gasteiger partial charge in [-0.2, -0.15) is 0 Å². The molecule has 0 radical (unpaired) electrons. The minimum absolute atomic E-state index is 0.145. The molecule has 0 unspecified atom stereocenters. The predicted molar refractivity (Wildman–Crippen MR) is 134 cm³/mol. The third kappa shape index (κ3) is 5.25. The molecule has 4 aromatic rings. The van der Waals surface area contributed by atoms with Gasteiger partial charge in [0.05, 0.1) is 24.9 Å². The topological polar surface area (TPSA) is 146 Å². The van der Waals surface area contributed by atoms with Crippen molar-refractivity contribution in [3.63, 3.8) is 0 Å². The zero-order valence-electron chi connectivity index (χ0n) is 20.3. The van der Waals surface area contributed by atoms with Crippen LogP contribution >= 0.6 is 0 Å². The molecule has 3 aromatic heterocycles. The number of anilines is 1. The first-order valence-corrected chi connectivity index (χ1v) is 12.4. The van der Waals surface area contributed by atoms with Crippen LogP contribution in [0.2, 0.25) is 0 Å². The van der Waals surface area contributed by atoms with E-state index in [9.17, 15) is 4.79 Å². The van der Waals surface area contributed by atoms with E-state index in [0.29, 0.717) is 46.7 Å². The number of fused-ring (bicyclic) bond motifs is 1. The highest BCUT2D eigenvalue weighted by molar-refractivity contribution is 5.94. The molecule has 1 amide bonds. The van der Waals surface area contributed by atoms with Gasteiger partial charge in [-0.15, -0.1) is 0 Å². The fourth-order valence-electron chi connectivity index (χ4n) is 4.42. The van der Waals surface area contributed by atoms with E-state index in [2.05, 4.69) is 35.1 Å². The van der Waals surface area contributed by atoms with E-state index in [0.717, 1.165) is 44.9 Å². The van der Waals surface area contributed by atoms with Crippen molar-refractivity contribution in [2.45, 2.75) is 19.4 Å². The van der Waals surface area contributed by atoms with Crippen molar-refractivity contribution in [1.29, 1.82) is 0 Å². The van der Waals surface area contributed by atoms with Gasteiger partial charge >= 0.3 is 0 Å². The highest BCUT2D eigenvalue weighted by Gasteiger charge is 2.27. The third-order valence-corrected chi connectivity index (χ3v) is 6.61. The van der Waals surface area contributed by atoms with Gasteiger partial charge in [0, 0.05) is 44.4 Å². The average Bonchev–Trinajstić information content (AvgIpc) is 3.54. The fourth-order valence-corrected chi connectivity index (χ4v) is 4.42. The maximum atomic E-state index is 12.7. The quantitative estimate of drug-likeness (QED) is 0.348. The second kappa shape index (κ2) is 10.1. The maximum absolute atomic E-state index is 12.7. The lowest BCUT2D eigenvalue weighted by molar-refractivity contribution is 0.0383. The van der Waals surface area contributed by atoms with Crippen molar-refractivity contribution in [3.8, 4) is 23.1 Å². The highest BCUT2D eigenvalue weighted by Crippen LogP contribution is 2.36. The molecule has 3 N–H and O–H groups in total. The Kier molecular flexibility index (Phi) is 6.41. The van der Waals surface area contributed by atoms with Crippen LogP contribution in [0.15, 0.2) is 41.2 Å². The number of aromatic nitrogens is 5. The van der Waals surface area contributed by atoms with Crippen LogP contribution < -0.4 is 15.8 Å². The molecule has 192 valence electrons. The van der Waals surface area contributed by atoms with Crippen LogP contribution in [-0.4, -0.2) is 75.0 Å². The van der Waals surface area contributed by atoms with E-state index in [-0.39, 0.29) is 11.7 Å². The second-order valence-corrected chi connectivity index (χ2v) is 9.34. The summed E-state index contributed by atoms with van der Waals surface area (Å²) < 4.78 is 18.3. The van der Waals surface area contributed by atoms with Crippen LogP contribution in [0.25, 0.3) is 22.6 Å². The normalized spacial score (nSPS) is 16.2. The van der Waals surface area contributed by atoms with E-state index in [1.807, 2.05) is 6.07 Å². The van der Waals surface area contributed by atoms with Crippen LogP contribution in [0.3, 0.4) is 0 Å². The standard InChI is InChI=1S/C25H28N8O4/c26-23-22(30-37-31-23)24-29-19-14-28-21(13-20(19)33(24)15-16-4-5-16)36-18-3-1-2-17(12-18)25(34)27-6-7-32-8-10-35-11-9-32/h1-3,12-14,16H,4-11,15H2,(H2,26,31)(H,27,34). The summed E-state index contributed by atoms with van der Waals surface area (Å²) in [6.07, 6.45) is 3.99. The Labute approximate surface area is 212 Å². The van der Waals surface area contributed by atoms with Crippen molar-refractivity contribution in [2.75, 3.05) is 45.1 Å². The number of carbonyl (C=O) groups excluding carboxylic acids is 1. The van der Waals surface area contributed by atoms with Crippen molar-refractivity contribution >= 4 is 22.8 Å². The summed E-state index contributed by atoms with van der Waals surface area (Å²) in [5.41, 5.74) is 8.43. The number of nitrogen functional groups attached to an aromatic ring is 1. The number of rotatable bonds is 9. The van der Waals surface area contributed by atoms with E-state index in [1.165, 1.54) is 12.8 Å². The smallest absolute Gasteiger partial charge is 0.251 e. The summed E-state index contributed by atoms with van der Waals surface area (Å²) >= 11 is 0. The molecule has 2 fully saturated rings. The molecule has 37 heavy (non-hydrogen) atoms. The lowest BCUT2D eigenvalue weighted by atomic mass is 10.2. The van der Waals surface area contributed by atoms with Crippen molar-refractivity contribution < 1.29 is 18.9 Å². The molecule has 0 bridgehead atoms. The average molecular weight is 505 g/mol. The third-order valence-electron chi connectivity index (χ3n) is 6.61. The number of nitrogens with two attached hydrogens (primary N) is 1. The summed E-state index contributed by atoms with van der Waals surface area (Å²) in [6, 6.07) is 8.91. The molecule has 6 rings (SSSR count). The Bertz CT molecular complexity index is 1410. The van der Waals surface area contributed by atoms with Gasteiger partial charge in [-0.25, -0.2) is 14.6 Å². The maximum Gasteiger partial charge on any atom is 0.251 e. The lowest BCUT2D eigenvalue weighted by Crippen LogP contribution is -2.41. The van der Waals surface area contributed by atoms with Gasteiger partial charge in [0.15, 0.2) is 17.3 Å². The van der Waals surface area contributed by atoms with Crippen molar-refractivity contribution in [1.82, 2.24) is 35.1 Å². The van der Waals surface area contributed by atoms with Crippen LogP contribution in [0.4, 0.5) is 5.82 Å². The number of ether oxygens (including phenoxy) is 2. The number of amides is 1. The second-order valence-electron chi connectivity index (χ2n) is 9.34. The van der Waals surface area contributed by atoms with Crippen LogP contribution in [0.1, 0.15) is 23.2 Å². The van der Waals surface area contributed by atoms with Gasteiger partial charge < -0.3 is 25.1 Å². The Morgan fingerprint density at radius 2 is 2.05 bits per heavy atom. The molecule has 1 aliphatic carbocycles. The minimum atomic E-state index is -0.145. The monoisotopic (exact) mass is 504 g/mol. The SMILES string of the molecule is Nc1nonc1-c1nc2cnc(Oc3cccc(C(=O)NCCN4CCOCC4)c3)cc2n1CC1CC1. The lowest BCUT2D eigenvalue weighted by Gasteiger charge is -2.26.